The zero-order valence-corrected chi connectivity index (χ0v) is 19.3. The molecule has 2 heterocycles. The summed E-state index contributed by atoms with van der Waals surface area (Å²) in [5.41, 5.74) is 2.99. The molecule has 1 fully saturated rings. The van der Waals surface area contributed by atoms with E-state index in [4.69, 9.17) is 11.6 Å². The summed E-state index contributed by atoms with van der Waals surface area (Å²) in [5, 5.41) is 6.44. The number of aromatic nitrogens is 2. The highest BCUT2D eigenvalue weighted by Crippen LogP contribution is 2.28. The third-order valence-electron chi connectivity index (χ3n) is 5.84. The molecule has 1 aromatic heterocycles. The Bertz CT molecular complexity index is 987. The van der Waals surface area contributed by atoms with E-state index in [1.807, 2.05) is 28.9 Å². The number of amides is 1. The van der Waals surface area contributed by atoms with Gasteiger partial charge in [-0.3, -0.25) is 4.79 Å². The molecule has 0 unspecified atom stereocenters. The molecule has 166 valence electrons. The van der Waals surface area contributed by atoms with E-state index in [0.717, 1.165) is 68.7 Å². The number of fused-ring (bicyclic) bond motifs is 1. The summed E-state index contributed by atoms with van der Waals surface area (Å²) in [4.78, 5) is 32.0. The molecular formula is C22H28ClN5O2S. The number of rotatable bonds is 6. The summed E-state index contributed by atoms with van der Waals surface area (Å²) in [5.74, 6) is 0.167. The maximum Gasteiger partial charge on any atom is 0.367 e. The third kappa shape index (κ3) is 5.42. The van der Waals surface area contributed by atoms with Gasteiger partial charge < -0.3 is 15.2 Å². The lowest BCUT2D eigenvalue weighted by Gasteiger charge is -2.37. The van der Waals surface area contributed by atoms with Gasteiger partial charge in [0.2, 0.25) is 5.91 Å². The van der Waals surface area contributed by atoms with E-state index in [-0.39, 0.29) is 17.3 Å². The molecule has 1 N–H and O–H groups in total. The van der Waals surface area contributed by atoms with Gasteiger partial charge in [-0.05, 0) is 50.4 Å². The number of benzene rings is 1. The molecule has 2 aliphatic rings. The van der Waals surface area contributed by atoms with Gasteiger partial charge in [-0.25, -0.2) is 9.47 Å². The van der Waals surface area contributed by atoms with Gasteiger partial charge in [-0.2, -0.15) is 4.98 Å². The summed E-state index contributed by atoms with van der Waals surface area (Å²) in [6.45, 7) is 3.97. The molecule has 7 nitrogen and oxygen atoms in total. The van der Waals surface area contributed by atoms with Crippen LogP contribution in [0.15, 0.2) is 34.1 Å². The molecule has 0 bridgehead atoms. The highest BCUT2D eigenvalue weighted by molar-refractivity contribution is 7.99. The van der Waals surface area contributed by atoms with Crippen LogP contribution in [0.25, 0.3) is 0 Å². The normalized spacial score (nSPS) is 16.8. The number of piperazine rings is 1. The second kappa shape index (κ2) is 10.1. The van der Waals surface area contributed by atoms with Crippen LogP contribution in [-0.2, 0) is 24.2 Å². The smallest absolute Gasteiger partial charge is 0.351 e. The SMILES string of the molecule is CN1CCN(n2c3c(c(SCC(=O)NCc4ccc(Cl)cc4)nc2=O)CCCC3)CC1. The molecule has 1 amide bonds. The zero-order chi connectivity index (χ0) is 21.8. The van der Waals surface area contributed by atoms with Gasteiger partial charge in [0.25, 0.3) is 0 Å². The fraction of sp³-hybridized carbons (Fsp3) is 0.500. The first-order valence-corrected chi connectivity index (χ1v) is 12.1. The van der Waals surface area contributed by atoms with Gasteiger partial charge in [0, 0.05) is 43.3 Å². The van der Waals surface area contributed by atoms with Crippen LogP contribution in [0.1, 0.15) is 29.7 Å². The van der Waals surface area contributed by atoms with Crippen LogP contribution < -0.4 is 16.0 Å². The van der Waals surface area contributed by atoms with Crippen molar-refractivity contribution in [3.8, 4) is 0 Å². The molecule has 0 atom stereocenters. The number of thioether (sulfide) groups is 1. The van der Waals surface area contributed by atoms with Crippen molar-refractivity contribution in [1.29, 1.82) is 0 Å². The highest BCUT2D eigenvalue weighted by Gasteiger charge is 2.25. The number of halogens is 1. The van der Waals surface area contributed by atoms with Crippen LogP contribution in [-0.4, -0.2) is 59.4 Å². The van der Waals surface area contributed by atoms with Crippen molar-refractivity contribution in [3.63, 3.8) is 0 Å². The number of nitrogens with zero attached hydrogens (tertiary/aromatic N) is 4. The van der Waals surface area contributed by atoms with E-state index in [9.17, 15) is 9.59 Å². The van der Waals surface area contributed by atoms with Crippen LogP contribution in [0, 0.1) is 0 Å². The zero-order valence-electron chi connectivity index (χ0n) is 17.8. The van der Waals surface area contributed by atoms with Crippen LogP contribution in [0.4, 0.5) is 0 Å². The topological polar surface area (TPSA) is 70.5 Å². The van der Waals surface area contributed by atoms with Crippen LogP contribution >= 0.6 is 23.4 Å². The van der Waals surface area contributed by atoms with Crippen LogP contribution in [0.2, 0.25) is 5.02 Å². The highest BCUT2D eigenvalue weighted by atomic mass is 35.5. The maximum atomic E-state index is 12.9. The summed E-state index contributed by atoms with van der Waals surface area (Å²) in [6.07, 6.45) is 3.96. The molecule has 1 aliphatic carbocycles. The Morgan fingerprint density at radius 1 is 1.13 bits per heavy atom. The fourth-order valence-corrected chi connectivity index (χ4v) is 5.10. The Labute approximate surface area is 191 Å². The van der Waals surface area contributed by atoms with Crippen molar-refractivity contribution in [2.24, 2.45) is 0 Å². The number of nitrogens with one attached hydrogen (secondary N) is 1. The third-order valence-corrected chi connectivity index (χ3v) is 7.11. The molecule has 0 radical (unpaired) electrons. The van der Waals surface area contributed by atoms with E-state index >= 15 is 0 Å². The van der Waals surface area contributed by atoms with Gasteiger partial charge in [0.15, 0.2) is 0 Å². The first-order chi connectivity index (χ1) is 15.0. The van der Waals surface area contributed by atoms with Gasteiger partial charge in [-0.1, -0.05) is 35.5 Å². The Hall–Kier alpha value is -2.03. The van der Waals surface area contributed by atoms with Crippen LogP contribution in [0.3, 0.4) is 0 Å². The lowest BCUT2D eigenvalue weighted by molar-refractivity contribution is -0.118. The molecular weight excluding hydrogens is 434 g/mol. The monoisotopic (exact) mass is 461 g/mol. The van der Waals surface area contributed by atoms with Crippen LogP contribution in [0.5, 0.6) is 0 Å². The van der Waals surface area contributed by atoms with E-state index < -0.39 is 0 Å². The molecule has 1 aliphatic heterocycles. The lowest BCUT2D eigenvalue weighted by Crippen LogP contribution is -2.55. The Morgan fingerprint density at radius 3 is 2.58 bits per heavy atom. The minimum Gasteiger partial charge on any atom is -0.351 e. The van der Waals surface area contributed by atoms with Crippen molar-refractivity contribution in [2.45, 2.75) is 37.3 Å². The van der Waals surface area contributed by atoms with E-state index in [0.29, 0.717) is 16.6 Å². The van der Waals surface area contributed by atoms with E-state index in [1.165, 1.54) is 11.8 Å². The van der Waals surface area contributed by atoms with E-state index in [2.05, 4.69) is 27.3 Å². The standard InChI is InChI=1S/C22H28ClN5O2S/c1-26-10-12-27(13-11-26)28-19-5-3-2-4-18(19)21(25-22(28)30)31-15-20(29)24-14-16-6-8-17(23)9-7-16/h6-9H,2-5,10-15H2,1H3,(H,24,29). The quantitative estimate of drug-likeness (QED) is 0.524. The molecule has 1 saturated heterocycles. The average Bonchev–Trinajstić information content (AvgIpc) is 2.78. The van der Waals surface area contributed by atoms with Gasteiger partial charge in [0.05, 0.1) is 11.4 Å². The van der Waals surface area contributed by atoms with E-state index in [1.54, 1.807) is 0 Å². The van der Waals surface area contributed by atoms with Gasteiger partial charge >= 0.3 is 5.69 Å². The molecule has 0 saturated carbocycles. The Morgan fingerprint density at radius 2 is 1.84 bits per heavy atom. The van der Waals surface area contributed by atoms with Gasteiger partial charge in [-0.15, -0.1) is 0 Å². The number of likely N-dealkylation sites (N-methyl/N-ethyl adjacent to an activating group) is 1. The predicted octanol–water partition coefficient (Wildman–Crippen LogP) is 2.07. The summed E-state index contributed by atoms with van der Waals surface area (Å²) >= 11 is 7.27. The summed E-state index contributed by atoms with van der Waals surface area (Å²) in [7, 11) is 2.10. The number of carbonyl (C=O) groups excluding carboxylic acids is 1. The van der Waals surface area contributed by atoms with Crippen molar-refractivity contribution < 1.29 is 4.79 Å². The Kier molecular flexibility index (Phi) is 7.20. The molecule has 31 heavy (non-hydrogen) atoms. The van der Waals surface area contributed by atoms with Gasteiger partial charge in [0.1, 0.15) is 5.03 Å². The molecule has 2 aromatic rings. The first-order valence-electron chi connectivity index (χ1n) is 10.7. The molecule has 4 rings (SSSR count). The second-order valence-electron chi connectivity index (χ2n) is 8.09. The summed E-state index contributed by atoms with van der Waals surface area (Å²) in [6, 6.07) is 7.41. The predicted molar refractivity (Wildman–Crippen MR) is 125 cm³/mol. The minimum atomic E-state index is -0.228. The van der Waals surface area contributed by atoms with Crippen molar-refractivity contribution in [3.05, 3.63) is 56.6 Å². The minimum absolute atomic E-state index is 0.0745. The molecule has 0 spiro atoms. The second-order valence-corrected chi connectivity index (χ2v) is 9.49. The lowest BCUT2D eigenvalue weighted by atomic mass is 9.97. The largest absolute Gasteiger partial charge is 0.367 e. The van der Waals surface area contributed by atoms with Crippen molar-refractivity contribution in [1.82, 2.24) is 19.9 Å². The average molecular weight is 462 g/mol. The number of hydrogen-bond donors (Lipinski definition) is 1. The first kappa shape index (κ1) is 22.2. The Balaban J connectivity index is 1.44. The summed E-state index contributed by atoms with van der Waals surface area (Å²) < 4.78 is 1.81. The van der Waals surface area contributed by atoms with Crippen molar-refractivity contribution in [2.75, 3.05) is 44.0 Å². The van der Waals surface area contributed by atoms with Crippen molar-refractivity contribution >= 4 is 29.3 Å². The number of hydrogen-bond acceptors (Lipinski definition) is 6. The molecule has 9 heteroatoms. The number of carbonyl (C=O) groups is 1. The molecule has 1 aromatic carbocycles. The maximum absolute atomic E-state index is 12.9. The fourth-order valence-electron chi connectivity index (χ4n) is 4.07.